The molecule has 0 aliphatic rings. The van der Waals surface area contributed by atoms with Gasteiger partial charge in [0.1, 0.15) is 5.75 Å². The van der Waals surface area contributed by atoms with Gasteiger partial charge in [0.15, 0.2) is 0 Å². The van der Waals surface area contributed by atoms with Gasteiger partial charge in [0.25, 0.3) is 0 Å². The summed E-state index contributed by atoms with van der Waals surface area (Å²) in [6.45, 7) is 0.548. The van der Waals surface area contributed by atoms with E-state index in [4.69, 9.17) is 4.74 Å². The monoisotopic (exact) mass is 265 g/mol. The lowest BCUT2D eigenvalue weighted by molar-refractivity contribution is -0.142. The van der Waals surface area contributed by atoms with E-state index in [1.165, 1.54) is 7.11 Å². The molecule has 0 aliphatic heterocycles. The van der Waals surface area contributed by atoms with Crippen LogP contribution in [0.1, 0.15) is 18.4 Å². The van der Waals surface area contributed by atoms with Crippen molar-refractivity contribution < 1.29 is 19.1 Å². The zero-order valence-corrected chi connectivity index (χ0v) is 11.3. The van der Waals surface area contributed by atoms with Gasteiger partial charge in [0.2, 0.25) is 5.91 Å². The Morgan fingerprint density at radius 3 is 2.37 bits per heavy atom. The van der Waals surface area contributed by atoms with E-state index in [1.807, 2.05) is 24.3 Å². The number of methoxy groups -OCH3 is 2. The Bertz CT molecular complexity index is 414. The molecule has 0 spiro atoms. The molecule has 0 aromatic heterocycles. The van der Waals surface area contributed by atoms with Crippen molar-refractivity contribution in [1.82, 2.24) is 5.32 Å². The summed E-state index contributed by atoms with van der Waals surface area (Å²) in [5.74, 6) is 0.301. The average Bonchev–Trinajstić information content (AvgIpc) is 2.45. The van der Waals surface area contributed by atoms with Crippen LogP contribution in [-0.2, 0) is 20.7 Å². The summed E-state index contributed by atoms with van der Waals surface area (Å²) in [5, 5.41) is 2.76. The highest BCUT2D eigenvalue weighted by atomic mass is 16.5. The summed E-state index contributed by atoms with van der Waals surface area (Å²) in [6.07, 6.45) is 1.02. The predicted octanol–water partition coefficient (Wildman–Crippen LogP) is 1.31. The second-order valence-electron chi connectivity index (χ2n) is 4.02. The first-order valence-electron chi connectivity index (χ1n) is 6.12. The smallest absolute Gasteiger partial charge is 0.306 e. The Labute approximate surface area is 112 Å². The van der Waals surface area contributed by atoms with Crippen LogP contribution in [0.15, 0.2) is 24.3 Å². The molecule has 19 heavy (non-hydrogen) atoms. The van der Waals surface area contributed by atoms with Gasteiger partial charge in [-0.25, -0.2) is 0 Å². The van der Waals surface area contributed by atoms with Gasteiger partial charge in [0, 0.05) is 13.0 Å². The van der Waals surface area contributed by atoms with E-state index in [1.54, 1.807) is 7.11 Å². The van der Waals surface area contributed by atoms with Crippen LogP contribution in [0.25, 0.3) is 0 Å². The maximum absolute atomic E-state index is 11.4. The second-order valence-corrected chi connectivity index (χ2v) is 4.02. The lowest BCUT2D eigenvalue weighted by Crippen LogP contribution is -2.26. The highest BCUT2D eigenvalue weighted by Crippen LogP contribution is 2.11. The maximum Gasteiger partial charge on any atom is 0.306 e. The van der Waals surface area contributed by atoms with Gasteiger partial charge in [0.05, 0.1) is 20.6 Å². The molecule has 1 N–H and O–H groups in total. The number of amides is 1. The zero-order chi connectivity index (χ0) is 14.1. The SMILES string of the molecule is COC(=O)CCC(=O)NCCc1ccc(OC)cc1. The molecule has 0 unspecified atom stereocenters. The molecule has 104 valence electrons. The molecule has 0 saturated carbocycles. The first-order chi connectivity index (χ1) is 9.15. The van der Waals surface area contributed by atoms with Crippen molar-refractivity contribution in [3.63, 3.8) is 0 Å². The molecule has 1 aromatic rings. The quantitative estimate of drug-likeness (QED) is 0.755. The van der Waals surface area contributed by atoms with E-state index >= 15 is 0 Å². The van der Waals surface area contributed by atoms with Gasteiger partial charge in [-0.2, -0.15) is 0 Å². The minimum absolute atomic E-state index is 0.116. The molecule has 1 rings (SSSR count). The Balaban J connectivity index is 2.22. The molecule has 0 saturated heterocycles. The number of hydrogen-bond acceptors (Lipinski definition) is 4. The van der Waals surface area contributed by atoms with Crippen LogP contribution < -0.4 is 10.1 Å². The van der Waals surface area contributed by atoms with Crippen molar-refractivity contribution in [2.24, 2.45) is 0 Å². The lowest BCUT2D eigenvalue weighted by Gasteiger charge is -2.06. The number of rotatable bonds is 7. The van der Waals surface area contributed by atoms with Crippen LogP contribution in [0, 0.1) is 0 Å². The van der Waals surface area contributed by atoms with Crippen molar-refractivity contribution in [2.45, 2.75) is 19.3 Å². The zero-order valence-electron chi connectivity index (χ0n) is 11.3. The van der Waals surface area contributed by atoms with Crippen LogP contribution in [0.4, 0.5) is 0 Å². The van der Waals surface area contributed by atoms with E-state index in [0.29, 0.717) is 6.54 Å². The number of carbonyl (C=O) groups excluding carboxylic acids is 2. The summed E-state index contributed by atoms with van der Waals surface area (Å²) in [6, 6.07) is 7.68. The molecule has 5 heteroatoms. The van der Waals surface area contributed by atoms with Crippen LogP contribution in [0.3, 0.4) is 0 Å². The number of benzene rings is 1. The van der Waals surface area contributed by atoms with Crippen molar-refractivity contribution in [2.75, 3.05) is 20.8 Å². The van der Waals surface area contributed by atoms with Crippen LogP contribution in [0.2, 0.25) is 0 Å². The fourth-order valence-corrected chi connectivity index (χ4v) is 1.54. The van der Waals surface area contributed by atoms with E-state index in [0.717, 1.165) is 17.7 Å². The Kier molecular flexibility index (Phi) is 6.43. The third-order valence-corrected chi connectivity index (χ3v) is 2.68. The summed E-state index contributed by atoms with van der Waals surface area (Å²) in [7, 11) is 2.93. The maximum atomic E-state index is 11.4. The van der Waals surface area contributed by atoms with Gasteiger partial charge in [-0.1, -0.05) is 12.1 Å². The van der Waals surface area contributed by atoms with Gasteiger partial charge >= 0.3 is 5.97 Å². The Morgan fingerprint density at radius 2 is 1.79 bits per heavy atom. The predicted molar refractivity (Wildman–Crippen MR) is 71.0 cm³/mol. The first-order valence-corrected chi connectivity index (χ1v) is 6.12. The highest BCUT2D eigenvalue weighted by Gasteiger charge is 2.06. The normalized spacial score (nSPS) is 9.79. The topological polar surface area (TPSA) is 64.6 Å². The molecular weight excluding hydrogens is 246 g/mol. The van der Waals surface area contributed by atoms with E-state index < -0.39 is 0 Å². The molecular formula is C14H19NO4. The number of carbonyl (C=O) groups is 2. The number of ether oxygens (including phenoxy) is 2. The third-order valence-electron chi connectivity index (χ3n) is 2.68. The van der Waals surface area contributed by atoms with Crippen LogP contribution in [0.5, 0.6) is 5.75 Å². The van der Waals surface area contributed by atoms with E-state index in [9.17, 15) is 9.59 Å². The van der Waals surface area contributed by atoms with Crippen molar-refractivity contribution in [3.8, 4) is 5.75 Å². The van der Waals surface area contributed by atoms with Gasteiger partial charge in [-0.3, -0.25) is 9.59 Å². The van der Waals surface area contributed by atoms with Crippen molar-refractivity contribution >= 4 is 11.9 Å². The Hall–Kier alpha value is -2.04. The minimum atomic E-state index is -0.370. The van der Waals surface area contributed by atoms with Gasteiger partial charge < -0.3 is 14.8 Å². The van der Waals surface area contributed by atoms with E-state index in [-0.39, 0.29) is 24.7 Å². The molecule has 5 nitrogen and oxygen atoms in total. The largest absolute Gasteiger partial charge is 0.497 e. The van der Waals surface area contributed by atoms with Crippen LogP contribution >= 0.6 is 0 Å². The van der Waals surface area contributed by atoms with Crippen LogP contribution in [-0.4, -0.2) is 32.6 Å². The van der Waals surface area contributed by atoms with Crippen molar-refractivity contribution in [1.29, 1.82) is 0 Å². The molecule has 0 atom stereocenters. The molecule has 0 fully saturated rings. The second kappa shape index (κ2) is 8.13. The third kappa shape index (κ3) is 5.90. The molecule has 1 aromatic carbocycles. The first kappa shape index (κ1) is 15.0. The molecule has 0 aliphatic carbocycles. The summed E-state index contributed by atoms with van der Waals surface area (Å²) >= 11 is 0. The standard InChI is InChI=1S/C14H19NO4/c1-18-12-5-3-11(4-6-12)9-10-15-13(16)7-8-14(17)19-2/h3-6H,7-10H2,1-2H3,(H,15,16). The van der Waals surface area contributed by atoms with Gasteiger partial charge in [-0.15, -0.1) is 0 Å². The molecule has 0 bridgehead atoms. The number of esters is 1. The molecule has 1 amide bonds. The lowest BCUT2D eigenvalue weighted by atomic mass is 10.1. The summed E-state index contributed by atoms with van der Waals surface area (Å²) in [5.41, 5.74) is 1.12. The summed E-state index contributed by atoms with van der Waals surface area (Å²) < 4.78 is 9.53. The minimum Gasteiger partial charge on any atom is -0.497 e. The number of hydrogen-bond donors (Lipinski definition) is 1. The fourth-order valence-electron chi connectivity index (χ4n) is 1.54. The summed E-state index contributed by atoms with van der Waals surface area (Å²) in [4.78, 5) is 22.3. The average molecular weight is 265 g/mol. The van der Waals surface area contributed by atoms with Gasteiger partial charge in [-0.05, 0) is 24.1 Å². The number of nitrogens with one attached hydrogen (secondary N) is 1. The fraction of sp³-hybridized carbons (Fsp3) is 0.429. The molecule has 0 radical (unpaired) electrons. The Morgan fingerprint density at radius 1 is 1.11 bits per heavy atom. The van der Waals surface area contributed by atoms with Crippen molar-refractivity contribution in [3.05, 3.63) is 29.8 Å². The highest BCUT2D eigenvalue weighted by molar-refractivity contribution is 5.81. The molecule has 0 heterocycles. The van der Waals surface area contributed by atoms with E-state index in [2.05, 4.69) is 10.1 Å².